The van der Waals surface area contributed by atoms with Crippen LogP contribution in [0, 0.1) is 15.9 Å². The van der Waals surface area contributed by atoms with Gasteiger partial charge in [0.05, 0.1) is 12.0 Å². The molecule has 1 N–H and O–H groups in total. The van der Waals surface area contributed by atoms with Gasteiger partial charge in [-0.15, -0.1) is 0 Å². The highest BCUT2D eigenvalue weighted by molar-refractivity contribution is 5.96. The van der Waals surface area contributed by atoms with Crippen LogP contribution in [-0.4, -0.2) is 30.0 Å². The van der Waals surface area contributed by atoms with Crippen molar-refractivity contribution in [2.75, 3.05) is 7.11 Å². The quantitative estimate of drug-likeness (QED) is 0.500. The minimum absolute atomic E-state index is 0.126. The highest BCUT2D eigenvalue weighted by Gasteiger charge is 2.20. The number of ether oxygens (including phenoxy) is 1. The SMILES string of the molecule is COC(=O)[C@H](C)NC(=O)c1ccc([N+](=O)[O-])c(F)c1. The summed E-state index contributed by atoms with van der Waals surface area (Å²) in [5, 5.41) is 12.7. The Bertz CT molecular complexity index is 532. The van der Waals surface area contributed by atoms with Crippen molar-refractivity contribution in [2.45, 2.75) is 13.0 Å². The highest BCUT2D eigenvalue weighted by Crippen LogP contribution is 2.17. The van der Waals surface area contributed by atoms with Gasteiger partial charge in [0.2, 0.25) is 5.82 Å². The molecule has 0 heterocycles. The van der Waals surface area contributed by atoms with Gasteiger partial charge in [-0.2, -0.15) is 4.39 Å². The Labute approximate surface area is 107 Å². The number of esters is 1. The van der Waals surface area contributed by atoms with E-state index in [2.05, 4.69) is 10.1 Å². The minimum Gasteiger partial charge on any atom is -0.467 e. The lowest BCUT2D eigenvalue weighted by atomic mass is 10.1. The molecule has 0 unspecified atom stereocenters. The Morgan fingerprint density at radius 1 is 1.47 bits per heavy atom. The maximum Gasteiger partial charge on any atom is 0.328 e. The molecule has 1 aromatic carbocycles. The first-order valence-electron chi connectivity index (χ1n) is 5.19. The van der Waals surface area contributed by atoms with Gasteiger partial charge < -0.3 is 10.1 Å². The molecule has 7 nitrogen and oxygen atoms in total. The van der Waals surface area contributed by atoms with Crippen LogP contribution in [0.2, 0.25) is 0 Å². The van der Waals surface area contributed by atoms with Crippen molar-refractivity contribution in [3.05, 3.63) is 39.7 Å². The first-order chi connectivity index (χ1) is 8.86. The number of carbonyl (C=O) groups excluding carboxylic acids is 2. The summed E-state index contributed by atoms with van der Waals surface area (Å²) >= 11 is 0. The molecule has 0 saturated carbocycles. The molecule has 0 aliphatic carbocycles. The van der Waals surface area contributed by atoms with E-state index in [1.54, 1.807) is 0 Å². The smallest absolute Gasteiger partial charge is 0.328 e. The fourth-order valence-corrected chi connectivity index (χ4v) is 1.31. The fourth-order valence-electron chi connectivity index (χ4n) is 1.31. The summed E-state index contributed by atoms with van der Waals surface area (Å²) in [4.78, 5) is 32.3. The molecule has 1 rings (SSSR count). The Morgan fingerprint density at radius 3 is 2.58 bits per heavy atom. The molecular weight excluding hydrogens is 259 g/mol. The number of nitrogens with zero attached hydrogens (tertiary/aromatic N) is 1. The number of nitrogens with one attached hydrogen (secondary N) is 1. The van der Waals surface area contributed by atoms with Gasteiger partial charge in [-0.05, 0) is 19.1 Å². The van der Waals surface area contributed by atoms with Crippen LogP contribution in [0.1, 0.15) is 17.3 Å². The van der Waals surface area contributed by atoms with Gasteiger partial charge in [-0.25, -0.2) is 4.79 Å². The average molecular weight is 270 g/mol. The van der Waals surface area contributed by atoms with Crippen molar-refractivity contribution in [3.8, 4) is 0 Å². The number of benzene rings is 1. The molecule has 0 spiro atoms. The lowest BCUT2D eigenvalue weighted by Gasteiger charge is -2.11. The number of hydrogen-bond donors (Lipinski definition) is 1. The van der Waals surface area contributed by atoms with Crippen molar-refractivity contribution in [1.29, 1.82) is 0 Å². The monoisotopic (exact) mass is 270 g/mol. The van der Waals surface area contributed by atoms with E-state index in [0.29, 0.717) is 0 Å². The Morgan fingerprint density at radius 2 is 2.11 bits per heavy atom. The molecule has 1 aromatic rings. The summed E-state index contributed by atoms with van der Waals surface area (Å²) in [5.41, 5.74) is -0.851. The molecule has 1 atom stereocenters. The first-order valence-corrected chi connectivity index (χ1v) is 5.19. The summed E-state index contributed by atoms with van der Waals surface area (Å²) in [6.07, 6.45) is 0. The number of carbonyl (C=O) groups is 2. The zero-order chi connectivity index (χ0) is 14.6. The first kappa shape index (κ1) is 14.6. The standard InChI is InChI=1S/C11H11FN2O5/c1-6(11(16)19-2)13-10(15)7-3-4-9(14(17)18)8(12)5-7/h3-6H,1-2H3,(H,13,15)/t6-/m0/s1. The third kappa shape index (κ3) is 3.47. The van der Waals surface area contributed by atoms with Crippen LogP contribution >= 0.6 is 0 Å². The number of halogens is 1. The number of rotatable bonds is 4. The second-order valence-corrected chi connectivity index (χ2v) is 3.64. The van der Waals surface area contributed by atoms with Crippen LogP contribution in [0.15, 0.2) is 18.2 Å². The lowest BCUT2D eigenvalue weighted by molar-refractivity contribution is -0.387. The van der Waals surface area contributed by atoms with Crippen LogP contribution in [0.5, 0.6) is 0 Å². The second-order valence-electron chi connectivity index (χ2n) is 3.64. The third-order valence-corrected chi connectivity index (χ3v) is 2.31. The van der Waals surface area contributed by atoms with E-state index in [-0.39, 0.29) is 5.56 Å². The second kappa shape index (κ2) is 5.89. The zero-order valence-electron chi connectivity index (χ0n) is 10.2. The molecule has 19 heavy (non-hydrogen) atoms. The van der Waals surface area contributed by atoms with E-state index in [9.17, 15) is 24.1 Å². The van der Waals surface area contributed by atoms with Gasteiger partial charge in [0, 0.05) is 11.6 Å². The van der Waals surface area contributed by atoms with Crippen LogP contribution in [-0.2, 0) is 9.53 Å². The number of amides is 1. The van der Waals surface area contributed by atoms with Gasteiger partial charge in [0.15, 0.2) is 0 Å². The molecule has 102 valence electrons. The topological polar surface area (TPSA) is 98.5 Å². The summed E-state index contributed by atoms with van der Waals surface area (Å²) < 4.78 is 17.7. The van der Waals surface area contributed by atoms with Gasteiger partial charge >= 0.3 is 11.7 Å². The molecule has 1 amide bonds. The van der Waals surface area contributed by atoms with Gasteiger partial charge in [0.1, 0.15) is 6.04 Å². The lowest BCUT2D eigenvalue weighted by Crippen LogP contribution is -2.39. The molecular formula is C11H11FN2O5. The van der Waals surface area contributed by atoms with Gasteiger partial charge in [-0.1, -0.05) is 0 Å². The van der Waals surface area contributed by atoms with Crippen molar-refractivity contribution in [2.24, 2.45) is 0 Å². The van der Waals surface area contributed by atoms with E-state index >= 15 is 0 Å². The van der Waals surface area contributed by atoms with E-state index in [1.165, 1.54) is 6.92 Å². The number of methoxy groups -OCH3 is 1. The molecule has 0 radical (unpaired) electrons. The average Bonchev–Trinajstić information content (AvgIpc) is 2.36. The normalized spacial score (nSPS) is 11.5. The van der Waals surface area contributed by atoms with Crippen LogP contribution in [0.25, 0.3) is 0 Å². The Balaban J connectivity index is 2.87. The maximum absolute atomic E-state index is 13.3. The third-order valence-electron chi connectivity index (χ3n) is 2.31. The van der Waals surface area contributed by atoms with E-state index < -0.39 is 34.3 Å². The molecule has 0 saturated heterocycles. The van der Waals surface area contributed by atoms with Crippen LogP contribution in [0.4, 0.5) is 10.1 Å². The highest BCUT2D eigenvalue weighted by atomic mass is 19.1. The number of hydrogen-bond acceptors (Lipinski definition) is 5. The Hall–Kier alpha value is -2.51. The number of nitro groups is 1. The molecule has 0 aliphatic rings. The Kier molecular flexibility index (Phi) is 4.51. The van der Waals surface area contributed by atoms with Crippen LogP contribution in [0.3, 0.4) is 0 Å². The summed E-state index contributed by atoms with van der Waals surface area (Å²) in [6, 6.07) is 1.81. The predicted octanol–water partition coefficient (Wildman–Crippen LogP) is 1.03. The summed E-state index contributed by atoms with van der Waals surface area (Å²) in [7, 11) is 1.16. The molecule has 0 bridgehead atoms. The van der Waals surface area contributed by atoms with Crippen molar-refractivity contribution in [3.63, 3.8) is 0 Å². The molecule has 0 fully saturated rings. The van der Waals surface area contributed by atoms with E-state index in [4.69, 9.17) is 0 Å². The molecule has 8 heteroatoms. The number of nitro benzene ring substituents is 1. The largest absolute Gasteiger partial charge is 0.467 e. The van der Waals surface area contributed by atoms with Crippen LogP contribution < -0.4 is 5.32 Å². The van der Waals surface area contributed by atoms with Crippen molar-refractivity contribution < 1.29 is 23.6 Å². The molecule has 0 aliphatic heterocycles. The van der Waals surface area contributed by atoms with Gasteiger partial charge in [-0.3, -0.25) is 14.9 Å². The van der Waals surface area contributed by atoms with Gasteiger partial charge in [0.25, 0.3) is 5.91 Å². The minimum atomic E-state index is -1.12. The molecule has 0 aromatic heterocycles. The van der Waals surface area contributed by atoms with Crippen molar-refractivity contribution >= 4 is 17.6 Å². The van der Waals surface area contributed by atoms with E-state index in [0.717, 1.165) is 25.3 Å². The predicted molar refractivity (Wildman–Crippen MR) is 62.0 cm³/mol. The summed E-state index contributed by atoms with van der Waals surface area (Å²) in [5.74, 6) is -2.51. The summed E-state index contributed by atoms with van der Waals surface area (Å²) in [6.45, 7) is 1.39. The van der Waals surface area contributed by atoms with Crippen molar-refractivity contribution in [1.82, 2.24) is 5.32 Å². The maximum atomic E-state index is 13.3. The van der Waals surface area contributed by atoms with E-state index in [1.807, 2.05) is 0 Å². The fraction of sp³-hybridized carbons (Fsp3) is 0.273. The zero-order valence-corrected chi connectivity index (χ0v) is 10.2.